The molecule has 5 atom stereocenters. The van der Waals surface area contributed by atoms with Gasteiger partial charge in [0, 0.05) is 11.5 Å². The maximum atomic E-state index is 13.3. The molecule has 0 aromatic heterocycles. The summed E-state index contributed by atoms with van der Waals surface area (Å²) < 4.78 is 91.0. The molecule has 0 radical (unpaired) electrons. The van der Waals surface area contributed by atoms with Crippen molar-refractivity contribution < 1.29 is 45.7 Å². The van der Waals surface area contributed by atoms with E-state index in [0.717, 1.165) is 0 Å². The Hall–Kier alpha value is -1.29. The minimum Gasteiger partial charge on any atom is -0.459 e. The van der Waals surface area contributed by atoms with Gasteiger partial charge >= 0.3 is 18.3 Å². The molecule has 2 aliphatic rings. The first-order valence-corrected chi connectivity index (χ1v) is 10.4. The molecule has 2 fully saturated rings. The van der Waals surface area contributed by atoms with Crippen molar-refractivity contribution in [2.24, 2.45) is 17.8 Å². The van der Waals surface area contributed by atoms with Crippen molar-refractivity contribution in [3.8, 4) is 0 Å². The van der Waals surface area contributed by atoms with Crippen LogP contribution in [0.15, 0.2) is 12.2 Å². The highest BCUT2D eigenvalue weighted by Gasteiger charge is 2.74. The number of fused-ring (bicyclic) bond motifs is 2. The second-order valence-electron chi connectivity index (χ2n) is 8.86. The quantitative estimate of drug-likeness (QED) is 0.302. The van der Waals surface area contributed by atoms with Crippen LogP contribution in [0.1, 0.15) is 59.8 Å². The third kappa shape index (κ3) is 4.47. The van der Waals surface area contributed by atoms with Crippen LogP contribution in [-0.4, -0.2) is 46.8 Å². The lowest BCUT2D eigenvalue weighted by molar-refractivity contribution is -0.401. The van der Waals surface area contributed by atoms with Crippen molar-refractivity contribution >= 4 is 5.97 Å². The third-order valence-corrected chi connectivity index (χ3v) is 7.10. The molecule has 31 heavy (non-hydrogen) atoms. The highest BCUT2D eigenvalue weighted by molar-refractivity contribution is 5.87. The van der Waals surface area contributed by atoms with Crippen LogP contribution in [0.25, 0.3) is 0 Å². The summed E-state index contributed by atoms with van der Waals surface area (Å²) in [4.78, 5) is 12.0. The number of carbonyl (C=O) groups excluding carboxylic acids is 1. The summed E-state index contributed by atoms with van der Waals surface area (Å²) in [6.45, 7) is 8.90. The number of hydrogen-bond donors (Lipinski definition) is 1. The molecule has 2 bridgehead atoms. The smallest absolute Gasteiger partial charge is 0.428 e. The van der Waals surface area contributed by atoms with Gasteiger partial charge < -0.3 is 14.6 Å². The average molecular weight is 460 g/mol. The Balaban J connectivity index is 2.34. The minimum atomic E-state index is -5.97. The van der Waals surface area contributed by atoms with Crippen molar-refractivity contribution in [2.45, 2.75) is 95.6 Å². The summed E-state index contributed by atoms with van der Waals surface area (Å²) in [7, 11) is 0. The fourth-order valence-corrected chi connectivity index (χ4v) is 5.35. The highest BCUT2D eigenvalue weighted by atomic mass is 19.4. The largest absolute Gasteiger partial charge is 0.459 e. The number of rotatable bonds is 8. The van der Waals surface area contributed by atoms with E-state index in [4.69, 9.17) is 9.47 Å². The Morgan fingerprint density at radius 2 is 1.58 bits per heavy atom. The number of esters is 1. The van der Waals surface area contributed by atoms with Gasteiger partial charge in [-0.25, -0.2) is 4.79 Å². The summed E-state index contributed by atoms with van der Waals surface area (Å²) in [5.41, 5.74) is -6.13. The van der Waals surface area contributed by atoms with Crippen molar-refractivity contribution in [3.05, 3.63) is 12.2 Å². The molecule has 2 aliphatic carbocycles. The van der Waals surface area contributed by atoms with Gasteiger partial charge in [0.1, 0.15) is 12.2 Å². The van der Waals surface area contributed by atoms with Crippen LogP contribution in [0, 0.1) is 17.8 Å². The van der Waals surface area contributed by atoms with E-state index >= 15 is 0 Å². The van der Waals surface area contributed by atoms with Crippen molar-refractivity contribution in [1.82, 2.24) is 0 Å². The summed E-state index contributed by atoms with van der Waals surface area (Å²) in [6.07, 6.45) is -12.9. The standard InChI is InChI=1S/C21H30F6O4/c1-6-18(7-2,31-12(5)19(29,20(22,23)24)21(25,26)27)15-9-13-8-14(15)16(10-13)30-17(28)11(3)4/h12-16,29H,3,6-10H2,1-2,4-5H3. The number of halogens is 6. The molecule has 180 valence electrons. The molecule has 0 saturated heterocycles. The van der Waals surface area contributed by atoms with Crippen molar-refractivity contribution in [1.29, 1.82) is 0 Å². The zero-order chi connectivity index (χ0) is 24.0. The van der Waals surface area contributed by atoms with Crippen LogP contribution in [-0.2, 0) is 14.3 Å². The first-order chi connectivity index (χ1) is 14.0. The van der Waals surface area contributed by atoms with Gasteiger partial charge in [0.25, 0.3) is 5.60 Å². The van der Waals surface area contributed by atoms with Crippen LogP contribution in [0.2, 0.25) is 0 Å². The normalized spacial score (nSPS) is 28.0. The number of carbonyl (C=O) groups is 1. The van der Waals surface area contributed by atoms with E-state index in [1.807, 2.05) is 0 Å². The molecular weight excluding hydrogens is 430 g/mol. The van der Waals surface area contributed by atoms with Gasteiger partial charge in [-0.2, -0.15) is 26.3 Å². The second-order valence-corrected chi connectivity index (χ2v) is 8.86. The van der Waals surface area contributed by atoms with Crippen LogP contribution in [0.4, 0.5) is 26.3 Å². The Kier molecular flexibility index (Phi) is 7.18. The molecule has 10 heteroatoms. The lowest BCUT2D eigenvalue weighted by Crippen LogP contribution is -2.66. The van der Waals surface area contributed by atoms with Crippen molar-refractivity contribution in [2.75, 3.05) is 0 Å². The first kappa shape index (κ1) is 26.0. The Morgan fingerprint density at radius 3 is 1.97 bits per heavy atom. The second kappa shape index (κ2) is 8.57. The van der Waals surface area contributed by atoms with Gasteiger partial charge in [0.2, 0.25) is 0 Å². The Labute approximate surface area is 178 Å². The number of hydrogen-bond acceptors (Lipinski definition) is 4. The van der Waals surface area contributed by atoms with Crippen LogP contribution >= 0.6 is 0 Å². The van der Waals surface area contributed by atoms with Gasteiger partial charge in [-0.15, -0.1) is 0 Å². The highest BCUT2D eigenvalue weighted by Crippen LogP contribution is 2.57. The fraction of sp³-hybridized carbons (Fsp3) is 0.857. The zero-order valence-corrected chi connectivity index (χ0v) is 18.1. The van der Waals surface area contributed by atoms with E-state index in [1.165, 1.54) is 6.92 Å². The predicted molar refractivity (Wildman–Crippen MR) is 99.9 cm³/mol. The summed E-state index contributed by atoms with van der Waals surface area (Å²) >= 11 is 0. The molecule has 0 aliphatic heterocycles. The molecule has 2 saturated carbocycles. The maximum absolute atomic E-state index is 13.3. The summed E-state index contributed by atoms with van der Waals surface area (Å²) in [5.74, 6) is -1.09. The Bertz CT molecular complexity index is 668. The molecule has 0 heterocycles. The van der Waals surface area contributed by atoms with Gasteiger partial charge in [0.15, 0.2) is 0 Å². The number of aliphatic hydroxyl groups is 1. The van der Waals surface area contributed by atoms with E-state index < -0.39 is 47.6 Å². The first-order valence-electron chi connectivity index (χ1n) is 10.4. The molecule has 2 rings (SSSR count). The van der Waals surface area contributed by atoms with Gasteiger partial charge in [-0.1, -0.05) is 20.4 Å². The molecule has 0 aromatic rings. The minimum absolute atomic E-state index is 0.137. The SMILES string of the molecule is C=C(C)C(=O)OC1CC2CC1C(C(CC)(CC)OC(C)C(O)(C(F)(F)F)C(F)(F)F)C2. The van der Waals surface area contributed by atoms with Gasteiger partial charge in [-0.3, -0.25) is 0 Å². The van der Waals surface area contributed by atoms with Gasteiger partial charge in [-0.05, 0) is 57.8 Å². The Morgan fingerprint density at radius 1 is 1.06 bits per heavy atom. The lowest BCUT2D eigenvalue weighted by atomic mass is 9.72. The van der Waals surface area contributed by atoms with E-state index in [-0.39, 0.29) is 30.3 Å². The van der Waals surface area contributed by atoms with Crippen LogP contribution < -0.4 is 0 Å². The molecule has 4 nitrogen and oxygen atoms in total. The predicted octanol–water partition coefficient (Wildman–Crippen LogP) is 5.34. The van der Waals surface area contributed by atoms with E-state index in [2.05, 4.69) is 6.58 Å². The lowest BCUT2D eigenvalue weighted by Gasteiger charge is -2.48. The monoisotopic (exact) mass is 460 g/mol. The molecule has 0 amide bonds. The molecule has 0 spiro atoms. The average Bonchev–Trinajstić information content (AvgIpc) is 3.23. The van der Waals surface area contributed by atoms with Crippen LogP contribution in [0.3, 0.4) is 0 Å². The van der Waals surface area contributed by atoms with E-state index in [0.29, 0.717) is 26.2 Å². The van der Waals surface area contributed by atoms with E-state index in [1.54, 1.807) is 13.8 Å². The van der Waals surface area contributed by atoms with Gasteiger partial charge in [0.05, 0.1) is 5.60 Å². The zero-order valence-electron chi connectivity index (χ0n) is 18.1. The third-order valence-electron chi connectivity index (χ3n) is 7.10. The van der Waals surface area contributed by atoms with Crippen LogP contribution in [0.5, 0.6) is 0 Å². The maximum Gasteiger partial charge on any atom is 0.428 e. The molecule has 1 N–H and O–H groups in total. The summed E-state index contributed by atoms with van der Waals surface area (Å²) in [6, 6.07) is 0. The van der Waals surface area contributed by atoms with E-state index in [9.17, 15) is 36.2 Å². The number of alkyl halides is 6. The topological polar surface area (TPSA) is 55.8 Å². The molecular formula is C21H30F6O4. The molecule has 5 unspecified atom stereocenters. The molecule has 0 aromatic carbocycles. The van der Waals surface area contributed by atoms with Crippen molar-refractivity contribution in [3.63, 3.8) is 0 Å². The summed E-state index contributed by atoms with van der Waals surface area (Å²) in [5, 5.41) is 9.76. The fourth-order valence-electron chi connectivity index (χ4n) is 5.35. The number of ether oxygens (including phenoxy) is 2.